The van der Waals surface area contributed by atoms with Crippen molar-refractivity contribution in [2.75, 3.05) is 13.2 Å². The van der Waals surface area contributed by atoms with Crippen molar-refractivity contribution in [3.05, 3.63) is 60.8 Å². The van der Waals surface area contributed by atoms with E-state index in [9.17, 15) is 19.8 Å². The van der Waals surface area contributed by atoms with Gasteiger partial charge >= 0.3 is 5.97 Å². The molecule has 0 aromatic rings. The number of hydrogen-bond donors (Lipinski definition) is 3. The lowest BCUT2D eigenvalue weighted by Crippen LogP contribution is -2.45. The molecule has 6 heteroatoms. The molecule has 0 aliphatic heterocycles. The number of aliphatic hydroxyl groups is 2. The number of carbonyl (C=O) groups is 2. The maximum Gasteiger partial charge on any atom is 0.305 e. The van der Waals surface area contributed by atoms with E-state index < -0.39 is 12.1 Å². The SMILES string of the molecule is CCCCCC/C=C\C/C=C\CCCCCCCCCC(=O)OCC/C=C\C/C=C\CCCCCCCCCCCCCCCCC(=O)NC(CO)C(O)/C=C/CCCCCCCCCCCCCCCCCCCCCCCC. The van der Waals surface area contributed by atoms with Crippen molar-refractivity contribution in [1.82, 2.24) is 5.32 Å². The van der Waals surface area contributed by atoms with Crippen LogP contribution in [-0.2, 0) is 14.3 Å². The highest BCUT2D eigenvalue weighted by Crippen LogP contribution is 2.18. The molecular weight excluding hydrogens is 983 g/mol. The number of allylic oxidation sites excluding steroid dienone is 8. The van der Waals surface area contributed by atoms with Crippen LogP contribution in [0.3, 0.4) is 0 Å². The minimum atomic E-state index is -0.851. The van der Waals surface area contributed by atoms with Gasteiger partial charge in [0.25, 0.3) is 0 Å². The average molecular weight is 1120 g/mol. The van der Waals surface area contributed by atoms with Crippen molar-refractivity contribution >= 4 is 11.9 Å². The maximum atomic E-state index is 12.5. The summed E-state index contributed by atoms with van der Waals surface area (Å²) in [5, 5.41) is 23.3. The first-order valence-electron chi connectivity index (χ1n) is 35.6. The van der Waals surface area contributed by atoms with Gasteiger partial charge in [-0.3, -0.25) is 9.59 Å². The first kappa shape index (κ1) is 77.6. The lowest BCUT2D eigenvalue weighted by molar-refractivity contribution is -0.143. The summed E-state index contributed by atoms with van der Waals surface area (Å²) in [6.45, 7) is 4.80. The second-order valence-corrected chi connectivity index (χ2v) is 24.2. The molecule has 1 amide bonds. The number of unbranched alkanes of at least 4 members (excludes halogenated alkanes) is 47. The summed E-state index contributed by atoms with van der Waals surface area (Å²) in [7, 11) is 0. The summed E-state index contributed by atoms with van der Waals surface area (Å²) in [5.41, 5.74) is 0. The van der Waals surface area contributed by atoms with E-state index in [0.717, 1.165) is 57.8 Å². The Kier molecular flexibility index (Phi) is 66.9. The fourth-order valence-electron chi connectivity index (χ4n) is 10.9. The van der Waals surface area contributed by atoms with Gasteiger partial charge in [0, 0.05) is 12.8 Å². The predicted octanol–water partition coefficient (Wildman–Crippen LogP) is 23.0. The molecule has 80 heavy (non-hydrogen) atoms. The molecule has 6 nitrogen and oxygen atoms in total. The second-order valence-electron chi connectivity index (χ2n) is 24.2. The summed E-state index contributed by atoms with van der Waals surface area (Å²) in [4.78, 5) is 24.6. The van der Waals surface area contributed by atoms with Crippen LogP contribution in [0.5, 0.6) is 0 Å². The Morgan fingerprint density at radius 3 is 0.963 bits per heavy atom. The molecule has 0 heterocycles. The molecule has 0 saturated heterocycles. The van der Waals surface area contributed by atoms with Crippen molar-refractivity contribution in [3.8, 4) is 0 Å². The highest BCUT2D eigenvalue weighted by Gasteiger charge is 2.18. The third-order valence-electron chi connectivity index (χ3n) is 16.3. The number of rotatable bonds is 66. The Hall–Kier alpha value is -2.44. The Balaban J connectivity index is 3.48. The summed E-state index contributed by atoms with van der Waals surface area (Å²) in [6, 6.07) is -0.635. The highest BCUT2D eigenvalue weighted by atomic mass is 16.5. The number of esters is 1. The predicted molar refractivity (Wildman–Crippen MR) is 352 cm³/mol. The fourth-order valence-corrected chi connectivity index (χ4v) is 10.9. The van der Waals surface area contributed by atoms with Gasteiger partial charge in [0.05, 0.1) is 25.4 Å². The van der Waals surface area contributed by atoms with Gasteiger partial charge in [-0.1, -0.05) is 338 Å². The number of ether oxygens (including phenoxy) is 1. The van der Waals surface area contributed by atoms with Gasteiger partial charge in [-0.15, -0.1) is 0 Å². The molecule has 0 fully saturated rings. The Morgan fingerprint density at radius 1 is 0.350 bits per heavy atom. The number of carbonyl (C=O) groups excluding carboxylic acids is 2. The van der Waals surface area contributed by atoms with E-state index in [2.05, 4.69) is 67.8 Å². The second kappa shape index (κ2) is 69.1. The van der Waals surface area contributed by atoms with E-state index in [-0.39, 0.29) is 18.5 Å². The van der Waals surface area contributed by atoms with Crippen molar-refractivity contribution in [2.45, 2.75) is 386 Å². The van der Waals surface area contributed by atoms with Crippen molar-refractivity contribution in [3.63, 3.8) is 0 Å². The largest absolute Gasteiger partial charge is 0.465 e. The molecule has 3 N–H and O–H groups in total. The minimum absolute atomic E-state index is 0.0430. The Labute approximate surface area is 499 Å². The van der Waals surface area contributed by atoms with Gasteiger partial charge in [0.1, 0.15) is 0 Å². The summed E-state index contributed by atoms with van der Waals surface area (Å²) < 4.78 is 5.43. The van der Waals surface area contributed by atoms with Gasteiger partial charge in [0.15, 0.2) is 0 Å². The topological polar surface area (TPSA) is 95.9 Å². The molecule has 0 aliphatic rings. The summed E-state index contributed by atoms with van der Waals surface area (Å²) in [6.07, 6.45) is 91.6. The van der Waals surface area contributed by atoms with Crippen LogP contribution in [0.15, 0.2) is 60.8 Å². The zero-order chi connectivity index (χ0) is 57.8. The van der Waals surface area contributed by atoms with Crippen LogP contribution in [0.25, 0.3) is 0 Å². The first-order valence-corrected chi connectivity index (χ1v) is 35.6. The van der Waals surface area contributed by atoms with Crippen molar-refractivity contribution in [2.24, 2.45) is 0 Å². The number of hydrogen-bond acceptors (Lipinski definition) is 5. The van der Waals surface area contributed by atoms with Crippen LogP contribution >= 0.6 is 0 Å². The standard InChI is InChI=1S/C74H137NO5/c1-3-5-7-9-11-13-15-17-19-21-23-24-25-26-28-31-34-38-42-46-50-54-58-62-66-72(77)71(70-76)75-73(78)67-63-59-55-51-47-43-39-35-32-29-27-30-33-37-41-45-49-53-57-61-65-69-80-74(79)68-64-60-56-52-48-44-40-36-22-20-18-16-14-12-10-8-6-4-2/h14,16,20,22,45,49,57,61-62,66,71-72,76-77H,3-13,15,17-19,21,23-44,46-48,50-56,58-60,63-65,67-70H2,1-2H3,(H,75,78)/b16-14-,22-20-,49-45-,61-57-,66-62+. The van der Waals surface area contributed by atoms with Crippen LogP contribution in [-0.4, -0.2) is 47.4 Å². The van der Waals surface area contributed by atoms with E-state index in [0.29, 0.717) is 19.4 Å². The molecule has 0 radical (unpaired) electrons. The normalized spacial score (nSPS) is 12.9. The summed E-state index contributed by atoms with van der Waals surface area (Å²) >= 11 is 0. The van der Waals surface area contributed by atoms with Gasteiger partial charge in [-0.2, -0.15) is 0 Å². The van der Waals surface area contributed by atoms with Crippen LogP contribution in [0.1, 0.15) is 373 Å². The van der Waals surface area contributed by atoms with Crippen LogP contribution in [0.2, 0.25) is 0 Å². The lowest BCUT2D eigenvalue weighted by Gasteiger charge is -2.20. The van der Waals surface area contributed by atoms with Crippen LogP contribution in [0.4, 0.5) is 0 Å². The van der Waals surface area contributed by atoms with Crippen LogP contribution in [0, 0.1) is 0 Å². The number of amides is 1. The quantitative estimate of drug-likeness (QED) is 0.0320. The van der Waals surface area contributed by atoms with Crippen molar-refractivity contribution < 1.29 is 24.5 Å². The van der Waals surface area contributed by atoms with Gasteiger partial charge in [0.2, 0.25) is 5.91 Å². The third kappa shape index (κ3) is 64.7. The van der Waals surface area contributed by atoms with E-state index >= 15 is 0 Å². The molecule has 0 spiro atoms. The molecule has 0 saturated carbocycles. The van der Waals surface area contributed by atoms with Crippen molar-refractivity contribution in [1.29, 1.82) is 0 Å². The van der Waals surface area contributed by atoms with E-state index in [1.54, 1.807) is 6.08 Å². The van der Waals surface area contributed by atoms with E-state index in [1.165, 1.54) is 289 Å². The zero-order valence-electron chi connectivity index (χ0n) is 53.6. The first-order chi connectivity index (χ1) is 39.5. The van der Waals surface area contributed by atoms with Gasteiger partial charge in [-0.25, -0.2) is 0 Å². The number of nitrogens with one attached hydrogen (secondary N) is 1. The Bertz CT molecular complexity index is 1380. The Morgan fingerprint density at radius 2 is 0.625 bits per heavy atom. The van der Waals surface area contributed by atoms with Gasteiger partial charge in [-0.05, 0) is 83.5 Å². The molecule has 0 bridgehead atoms. The molecule has 468 valence electrons. The van der Waals surface area contributed by atoms with Gasteiger partial charge < -0.3 is 20.3 Å². The zero-order valence-corrected chi connectivity index (χ0v) is 53.6. The van der Waals surface area contributed by atoms with E-state index in [4.69, 9.17) is 4.74 Å². The molecule has 0 aliphatic carbocycles. The molecule has 0 aromatic heterocycles. The molecule has 0 aromatic carbocycles. The summed E-state index contributed by atoms with van der Waals surface area (Å²) in [5.74, 6) is -0.113. The highest BCUT2D eigenvalue weighted by molar-refractivity contribution is 5.76. The average Bonchev–Trinajstić information content (AvgIpc) is 3.46. The lowest BCUT2D eigenvalue weighted by atomic mass is 10.0. The monoisotopic (exact) mass is 1120 g/mol. The maximum absolute atomic E-state index is 12.5. The smallest absolute Gasteiger partial charge is 0.305 e. The van der Waals surface area contributed by atoms with E-state index in [1.807, 2.05) is 6.08 Å². The molecular formula is C74H137NO5. The molecule has 2 atom stereocenters. The third-order valence-corrected chi connectivity index (χ3v) is 16.3. The minimum Gasteiger partial charge on any atom is -0.465 e. The van der Waals surface area contributed by atoms with Crippen LogP contribution < -0.4 is 5.32 Å². The fraction of sp³-hybridized carbons (Fsp3) is 0.838. The number of aliphatic hydroxyl groups excluding tert-OH is 2. The molecule has 0 rings (SSSR count). The molecule has 2 unspecified atom stereocenters.